The Hall–Kier alpha value is -1.68. The summed E-state index contributed by atoms with van der Waals surface area (Å²) < 4.78 is 2.15. The number of aliphatic hydroxyl groups excluding tert-OH is 1. The van der Waals surface area contributed by atoms with Gasteiger partial charge in [-0.05, 0) is 87.4 Å². The van der Waals surface area contributed by atoms with Crippen molar-refractivity contribution in [3.63, 3.8) is 0 Å². The van der Waals surface area contributed by atoms with Crippen LogP contribution in [0.4, 0.5) is 0 Å². The third-order valence-corrected chi connectivity index (χ3v) is 9.45. The van der Waals surface area contributed by atoms with Crippen molar-refractivity contribution in [3.8, 4) is 0 Å². The number of aromatic nitrogens is 3. The Morgan fingerprint density at radius 2 is 1.86 bits per heavy atom. The van der Waals surface area contributed by atoms with Gasteiger partial charge in [0.1, 0.15) is 0 Å². The second-order valence-corrected chi connectivity index (χ2v) is 10.9. The summed E-state index contributed by atoms with van der Waals surface area (Å²) in [4.78, 5) is 4.96. The first-order valence-electron chi connectivity index (χ1n) is 11.5. The molecule has 2 fully saturated rings. The van der Waals surface area contributed by atoms with Crippen LogP contribution in [0.25, 0.3) is 5.65 Å². The Morgan fingerprint density at radius 1 is 1.07 bits per heavy atom. The average molecular weight is 392 g/mol. The first-order valence-corrected chi connectivity index (χ1v) is 11.5. The zero-order valence-electron chi connectivity index (χ0n) is 18.2. The van der Waals surface area contributed by atoms with E-state index in [-0.39, 0.29) is 11.5 Å². The van der Waals surface area contributed by atoms with E-state index in [1.54, 1.807) is 5.57 Å². The van der Waals surface area contributed by atoms with Crippen molar-refractivity contribution in [2.24, 2.45) is 23.2 Å². The Bertz CT molecular complexity index is 1050. The molecule has 4 aliphatic carbocycles. The summed E-state index contributed by atoms with van der Waals surface area (Å²) in [7, 11) is 0. The number of hydrogen-bond donors (Lipinski definition) is 1. The largest absolute Gasteiger partial charge is 0.393 e. The minimum Gasteiger partial charge on any atom is -0.393 e. The lowest BCUT2D eigenvalue weighted by Gasteiger charge is -2.57. The summed E-state index contributed by atoms with van der Waals surface area (Å²) in [6, 6.07) is 2.12. The second kappa shape index (κ2) is 5.72. The van der Waals surface area contributed by atoms with E-state index < -0.39 is 0 Å². The van der Waals surface area contributed by atoms with Gasteiger partial charge in [-0.15, -0.1) is 0 Å². The van der Waals surface area contributed by atoms with Gasteiger partial charge < -0.3 is 5.11 Å². The molecule has 0 bridgehead atoms. The molecule has 2 heterocycles. The van der Waals surface area contributed by atoms with E-state index >= 15 is 0 Å². The highest BCUT2D eigenvalue weighted by Crippen LogP contribution is 2.64. The van der Waals surface area contributed by atoms with E-state index in [1.807, 2.05) is 0 Å². The van der Waals surface area contributed by atoms with Gasteiger partial charge in [0.25, 0.3) is 0 Å². The molecule has 0 radical (unpaired) electrons. The van der Waals surface area contributed by atoms with Crippen LogP contribution in [0.15, 0.2) is 17.7 Å². The normalized spacial score (nSPS) is 40.8. The minimum absolute atomic E-state index is 0.125. The van der Waals surface area contributed by atoms with Crippen molar-refractivity contribution in [1.82, 2.24) is 14.6 Å². The molecule has 0 spiro atoms. The van der Waals surface area contributed by atoms with Crippen LogP contribution in [-0.4, -0.2) is 25.8 Å². The molecule has 154 valence electrons. The van der Waals surface area contributed by atoms with Crippen LogP contribution in [-0.2, 0) is 11.8 Å². The lowest BCUT2D eigenvalue weighted by molar-refractivity contribution is -0.0165. The fraction of sp³-hybridized carbons (Fsp3) is 0.680. The van der Waals surface area contributed by atoms with Crippen molar-refractivity contribution < 1.29 is 5.11 Å². The molecule has 0 amide bonds. The number of nitrogens with zero attached hydrogens (tertiary/aromatic N) is 3. The van der Waals surface area contributed by atoms with Crippen LogP contribution in [0.2, 0.25) is 0 Å². The standard InChI is InChI=1S/C25H33N3O/c1-14-11-22-26-15(2)23-21(28(22)27-14)13-20-18-6-5-16-12-17(29)7-9-24(16,3)19(18)8-10-25(20,23)4/h5,11,17-20,29H,6-10,12-13H2,1-4H3/t17-,18+,19-,20-,24-,25-/m0/s1. The molecule has 2 aromatic rings. The van der Waals surface area contributed by atoms with E-state index in [1.165, 1.54) is 36.2 Å². The Labute approximate surface area is 173 Å². The summed E-state index contributed by atoms with van der Waals surface area (Å²) in [6.07, 6.45) is 10.3. The van der Waals surface area contributed by atoms with E-state index in [0.717, 1.165) is 48.9 Å². The SMILES string of the molecule is Cc1cc2nc(C)c3c(n2n1)C[C@H]1[C@@H]2CC=C4C[C@@H](O)CC[C@]4(C)[C@H]2CC[C@]31C. The van der Waals surface area contributed by atoms with Gasteiger partial charge in [0, 0.05) is 17.3 Å². The summed E-state index contributed by atoms with van der Waals surface area (Å²) in [5, 5.41) is 15.1. The van der Waals surface area contributed by atoms with Crippen molar-refractivity contribution in [2.75, 3.05) is 0 Å². The zero-order valence-corrected chi connectivity index (χ0v) is 18.2. The molecule has 2 aromatic heterocycles. The molecule has 0 unspecified atom stereocenters. The van der Waals surface area contributed by atoms with Gasteiger partial charge in [0.05, 0.1) is 17.5 Å². The van der Waals surface area contributed by atoms with Gasteiger partial charge in [-0.3, -0.25) is 0 Å². The molecule has 0 aliphatic heterocycles. The zero-order chi connectivity index (χ0) is 20.1. The van der Waals surface area contributed by atoms with Gasteiger partial charge in [-0.25, -0.2) is 9.50 Å². The number of aryl methyl sites for hydroxylation is 2. The molecule has 29 heavy (non-hydrogen) atoms. The number of aliphatic hydroxyl groups is 1. The molecule has 4 heteroatoms. The van der Waals surface area contributed by atoms with Crippen LogP contribution < -0.4 is 0 Å². The van der Waals surface area contributed by atoms with Crippen LogP contribution in [0.1, 0.15) is 75.0 Å². The smallest absolute Gasteiger partial charge is 0.155 e. The number of hydrogen-bond acceptors (Lipinski definition) is 3. The first kappa shape index (κ1) is 18.1. The van der Waals surface area contributed by atoms with Gasteiger partial charge in [0.2, 0.25) is 0 Å². The molecule has 6 atom stereocenters. The van der Waals surface area contributed by atoms with Crippen molar-refractivity contribution in [1.29, 1.82) is 0 Å². The Kier molecular flexibility index (Phi) is 3.57. The number of fused-ring (bicyclic) bond motifs is 9. The first-order chi connectivity index (χ1) is 13.8. The van der Waals surface area contributed by atoms with E-state index in [0.29, 0.717) is 11.3 Å². The predicted octanol–water partition coefficient (Wildman–Crippen LogP) is 4.68. The monoisotopic (exact) mass is 391 g/mol. The van der Waals surface area contributed by atoms with E-state index in [4.69, 9.17) is 10.1 Å². The Balaban J connectivity index is 1.46. The van der Waals surface area contributed by atoms with Gasteiger partial charge in [-0.1, -0.05) is 25.5 Å². The topological polar surface area (TPSA) is 50.4 Å². The highest BCUT2D eigenvalue weighted by atomic mass is 16.3. The fourth-order valence-electron chi connectivity index (χ4n) is 8.10. The van der Waals surface area contributed by atoms with Gasteiger partial charge >= 0.3 is 0 Å². The predicted molar refractivity (Wildman–Crippen MR) is 114 cm³/mol. The molecule has 0 aromatic carbocycles. The van der Waals surface area contributed by atoms with Gasteiger partial charge in [-0.2, -0.15) is 5.10 Å². The third-order valence-electron chi connectivity index (χ3n) is 9.45. The molecule has 6 rings (SSSR count). The lowest BCUT2D eigenvalue weighted by atomic mass is 9.47. The summed E-state index contributed by atoms with van der Waals surface area (Å²) in [5.74, 6) is 2.16. The average Bonchev–Trinajstić information content (AvgIpc) is 3.19. The minimum atomic E-state index is -0.125. The molecule has 4 nitrogen and oxygen atoms in total. The van der Waals surface area contributed by atoms with Crippen molar-refractivity contribution in [2.45, 2.75) is 84.2 Å². The second-order valence-electron chi connectivity index (χ2n) is 10.9. The Morgan fingerprint density at radius 3 is 2.69 bits per heavy atom. The molecule has 2 saturated carbocycles. The van der Waals surface area contributed by atoms with E-state index in [9.17, 15) is 5.11 Å². The highest BCUT2D eigenvalue weighted by molar-refractivity contribution is 5.50. The molecule has 4 aliphatic rings. The van der Waals surface area contributed by atoms with Crippen LogP contribution in [0.5, 0.6) is 0 Å². The quantitative estimate of drug-likeness (QED) is 0.663. The van der Waals surface area contributed by atoms with Crippen LogP contribution in [0, 0.1) is 37.0 Å². The molecular formula is C25H33N3O. The molecular weight excluding hydrogens is 358 g/mol. The summed E-state index contributed by atoms with van der Waals surface area (Å²) in [6.45, 7) is 9.31. The van der Waals surface area contributed by atoms with Gasteiger partial charge in [0.15, 0.2) is 5.65 Å². The number of rotatable bonds is 0. The lowest BCUT2D eigenvalue weighted by Crippen LogP contribution is -2.51. The summed E-state index contributed by atoms with van der Waals surface area (Å²) in [5.41, 5.74) is 8.27. The third kappa shape index (κ3) is 2.24. The maximum Gasteiger partial charge on any atom is 0.155 e. The van der Waals surface area contributed by atoms with Crippen molar-refractivity contribution >= 4 is 5.65 Å². The highest BCUT2D eigenvalue weighted by Gasteiger charge is 2.58. The fourth-order valence-corrected chi connectivity index (χ4v) is 8.10. The maximum absolute atomic E-state index is 10.2. The molecule has 1 N–H and O–H groups in total. The van der Waals surface area contributed by atoms with Crippen LogP contribution >= 0.6 is 0 Å². The summed E-state index contributed by atoms with van der Waals surface area (Å²) >= 11 is 0. The maximum atomic E-state index is 10.2. The van der Waals surface area contributed by atoms with Crippen LogP contribution in [0.3, 0.4) is 0 Å². The van der Waals surface area contributed by atoms with Crippen molar-refractivity contribution in [3.05, 3.63) is 40.4 Å². The molecule has 0 saturated heterocycles. The van der Waals surface area contributed by atoms with E-state index in [2.05, 4.69) is 44.4 Å². The number of allylic oxidation sites excluding steroid dienone is 1.